The number of imide groups is 1. The van der Waals surface area contributed by atoms with Gasteiger partial charge in [-0.1, -0.05) is 54.1 Å². The summed E-state index contributed by atoms with van der Waals surface area (Å²) in [5.74, 6) is -0.285. The van der Waals surface area contributed by atoms with Crippen LogP contribution in [0.1, 0.15) is 35.0 Å². The molecular formula is C30H30ClN3O3. The molecular weight excluding hydrogens is 486 g/mol. The summed E-state index contributed by atoms with van der Waals surface area (Å²) in [4.78, 5) is 32.7. The number of carbonyl (C=O) groups excluding carboxylic acids is 2. The highest BCUT2D eigenvalue weighted by Gasteiger charge is 2.38. The molecule has 1 aliphatic rings. The monoisotopic (exact) mass is 515 g/mol. The molecule has 0 unspecified atom stereocenters. The number of ether oxygens (including phenoxy) is 1. The quantitative estimate of drug-likeness (QED) is 0.296. The second-order valence-electron chi connectivity index (χ2n) is 9.57. The van der Waals surface area contributed by atoms with Crippen LogP contribution in [0.3, 0.4) is 0 Å². The molecule has 190 valence electrons. The summed E-state index contributed by atoms with van der Waals surface area (Å²) in [5.41, 5.74) is 7.74. The fourth-order valence-electron chi connectivity index (χ4n) is 5.40. The van der Waals surface area contributed by atoms with Crippen LogP contribution in [0.4, 0.5) is 4.79 Å². The number of carbonyl (C=O) groups is 2. The van der Waals surface area contributed by atoms with Crippen LogP contribution in [0.2, 0.25) is 5.02 Å². The van der Waals surface area contributed by atoms with Crippen LogP contribution in [-0.4, -0.2) is 39.1 Å². The maximum Gasteiger partial charge on any atom is 0.416 e. The molecule has 0 radical (unpaired) electrons. The van der Waals surface area contributed by atoms with Gasteiger partial charge in [-0.25, -0.2) is 14.7 Å². The van der Waals surface area contributed by atoms with Crippen molar-refractivity contribution >= 4 is 34.6 Å². The Kier molecular flexibility index (Phi) is 6.78. The predicted octanol–water partition coefficient (Wildman–Crippen LogP) is 6.43. The van der Waals surface area contributed by atoms with Crippen molar-refractivity contribution in [3.63, 3.8) is 0 Å². The third-order valence-corrected chi connectivity index (χ3v) is 7.64. The number of hydrogen-bond donors (Lipinski definition) is 0. The number of aromatic nitrogens is 2. The number of nitrogens with zero attached hydrogens (tertiary/aromatic N) is 3. The second-order valence-corrected chi connectivity index (χ2v) is 10.0. The van der Waals surface area contributed by atoms with E-state index in [1.807, 2.05) is 61.5 Å². The summed E-state index contributed by atoms with van der Waals surface area (Å²) in [7, 11) is 0. The summed E-state index contributed by atoms with van der Waals surface area (Å²) in [5, 5.41) is 1.67. The predicted molar refractivity (Wildman–Crippen MR) is 146 cm³/mol. The van der Waals surface area contributed by atoms with Crippen molar-refractivity contribution in [2.24, 2.45) is 0 Å². The molecule has 5 rings (SSSR count). The Morgan fingerprint density at radius 3 is 2.46 bits per heavy atom. The minimum Gasteiger partial charge on any atom is -0.447 e. The van der Waals surface area contributed by atoms with Gasteiger partial charge in [0.25, 0.3) is 0 Å². The first kappa shape index (κ1) is 25.0. The highest BCUT2D eigenvalue weighted by atomic mass is 35.5. The number of aryl methyl sites for hydroxylation is 3. The highest BCUT2D eigenvalue weighted by Crippen LogP contribution is 2.38. The molecule has 1 atom stereocenters. The lowest BCUT2D eigenvalue weighted by molar-refractivity contribution is -0.128. The fourth-order valence-corrected chi connectivity index (χ4v) is 5.52. The summed E-state index contributed by atoms with van der Waals surface area (Å²) in [6.45, 7) is 9.22. The van der Waals surface area contributed by atoms with E-state index in [0.29, 0.717) is 11.4 Å². The lowest BCUT2D eigenvalue weighted by Crippen LogP contribution is -2.41. The number of pyridine rings is 1. The van der Waals surface area contributed by atoms with Gasteiger partial charge in [0.2, 0.25) is 5.91 Å². The SMILES string of the molecule is CCn1c(C)c(C)c2c(-c3ccc(Cl)cc3)c(CC(=O)N3C(=O)OC[C@H]3Cc3ccccc3)c(C)nc21. The molecule has 0 N–H and O–H groups in total. The Hall–Kier alpha value is -3.64. The zero-order valence-corrected chi connectivity index (χ0v) is 22.3. The van der Waals surface area contributed by atoms with Crippen molar-refractivity contribution in [2.45, 2.75) is 53.1 Å². The first-order chi connectivity index (χ1) is 17.8. The van der Waals surface area contributed by atoms with Gasteiger partial charge in [0.15, 0.2) is 0 Å². The lowest BCUT2D eigenvalue weighted by Gasteiger charge is -2.22. The maximum atomic E-state index is 13.7. The Balaban J connectivity index is 1.60. The van der Waals surface area contributed by atoms with Gasteiger partial charge in [0, 0.05) is 28.3 Å². The van der Waals surface area contributed by atoms with Crippen molar-refractivity contribution in [1.29, 1.82) is 0 Å². The number of cyclic esters (lactones) is 1. The van der Waals surface area contributed by atoms with Crippen molar-refractivity contribution in [2.75, 3.05) is 6.61 Å². The van der Waals surface area contributed by atoms with E-state index in [1.165, 1.54) is 4.90 Å². The molecule has 1 saturated heterocycles. The molecule has 7 heteroatoms. The Bertz CT molecular complexity index is 1490. The van der Waals surface area contributed by atoms with Gasteiger partial charge in [-0.3, -0.25) is 4.79 Å². The van der Waals surface area contributed by atoms with Crippen molar-refractivity contribution in [3.8, 4) is 11.1 Å². The standard InChI is InChI=1S/C30H30ClN3O3/c1-5-33-20(4)18(2)27-28(22-11-13-23(31)14-12-22)25(19(3)32-29(27)33)16-26(35)34-24(17-37-30(34)36)15-21-9-7-6-8-10-21/h6-14,24H,5,15-17H2,1-4H3/t24-/m1/s1. The number of benzene rings is 2. The Labute approximate surface area is 221 Å². The number of fused-ring (bicyclic) bond motifs is 1. The van der Waals surface area contributed by atoms with Gasteiger partial charge in [0.05, 0.1) is 12.5 Å². The number of halogens is 1. The zero-order chi connectivity index (χ0) is 26.3. The molecule has 4 aromatic rings. The van der Waals surface area contributed by atoms with Crippen LogP contribution in [0.25, 0.3) is 22.2 Å². The lowest BCUT2D eigenvalue weighted by atomic mass is 9.92. The molecule has 37 heavy (non-hydrogen) atoms. The molecule has 0 saturated carbocycles. The second kappa shape index (κ2) is 10.0. The number of amides is 2. The van der Waals surface area contributed by atoms with Gasteiger partial charge in [-0.2, -0.15) is 0 Å². The van der Waals surface area contributed by atoms with Gasteiger partial charge < -0.3 is 9.30 Å². The molecule has 1 aliphatic heterocycles. The fraction of sp³-hybridized carbons (Fsp3) is 0.300. The van der Waals surface area contributed by atoms with E-state index in [1.54, 1.807) is 0 Å². The number of hydrogen-bond acceptors (Lipinski definition) is 4. The van der Waals surface area contributed by atoms with E-state index in [4.69, 9.17) is 21.3 Å². The maximum absolute atomic E-state index is 13.7. The summed E-state index contributed by atoms with van der Waals surface area (Å²) in [6, 6.07) is 17.2. The van der Waals surface area contributed by atoms with Gasteiger partial charge >= 0.3 is 6.09 Å². The van der Waals surface area contributed by atoms with E-state index in [-0.39, 0.29) is 25.0 Å². The van der Waals surface area contributed by atoms with Crippen LogP contribution >= 0.6 is 11.6 Å². The van der Waals surface area contributed by atoms with Crippen molar-refractivity contribution < 1.29 is 14.3 Å². The Morgan fingerprint density at radius 2 is 1.78 bits per heavy atom. The molecule has 2 aromatic heterocycles. The minimum atomic E-state index is -0.588. The molecule has 3 heterocycles. The van der Waals surface area contributed by atoms with E-state index in [0.717, 1.165) is 56.8 Å². The molecule has 0 aliphatic carbocycles. The van der Waals surface area contributed by atoms with E-state index < -0.39 is 6.09 Å². The largest absolute Gasteiger partial charge is 0.447 e. The molecule has 1 fully saturated rings. The van der Waals surface area contributed by atoms with Crippen LogP contribution in [0.15, 0.2) is 54.6 Å². The third kappa shape index (κ3) is 4.51. The van der Waals surface area contributed by atoms with Crippen LogP contribution in [0, 0.1) is 20.8 Å². The zero-order valence-electron chi connectivity index (χ0n) is 21.5. The number of rotatable bonds is 6. The molecule has 2 aromatic carbocycles. The third-order valence-electron chi connectivity index (χ3n) is 7.38. The summed E-state index contributed by atoms with van der Waals surface area (Å²) in [6.07, 6.45) is 0.00830. The van der Waals surface area contributed by atoms with E-state index in [9.17, 15) is 9.59 Å². The summed E-state index contributed by atoms with van der Waals surface area (Å²) >= 11 is 6.21. The molecule has 6 nitrogen and oxygen atoms in total. The van der Waals surface area contributed by atoms with Gasteiger partial charge in [0.1, 0.15) is 12.3 Å². The molecule has 0 spiro atoms. The minimum absolute atomic E-state index is 0.0446. The van der Waals surface area contributed by atoms with Crippen LogP contribution < -0.4 is 0 Å². The molecule has 0 bridgehead atoms. The average molecular weight is 516 g/mol. The van der Waals surface area contributed by atoms with Crippen LogP contribution in [-0.2, 0) is 28.9 Å². The van der Waals surface area contributed by atoms with E-state index >= 15 is 0 Å². The normalized spacial score (nSPS) is 15.4. The topological polar surface area (TPSA) is 64.4 Å². The van der Waals surface area contributed by atoms with E-state index in [2.05, 4.69) is 25.3 Å². The van der Waals surface area contributed by atoms with Crippen molar-refractivity contribution in [3.05, 3.63) is 87.7 Å². The Morgan fingerprint density at radius 1 is 1.08 bits per heavy atom. The smallest absolute Gasteiger partial charge is 0.416 e. The average Bonchev–Trinajstić information content (AvgIpc) is 3.36. The summed E-state index contributed by atoms with van der Waals surface area (Å²) < 4.78 is 7.53. The first-order valence-corrected chi connectivity index (χ1v) is 13.0. The highest BCUT2D eigenvalue weighted by molar-refractivity contribution is 6.30. The molecule has 2 amide bonds. The van der Waals surface area contributed by atoms with Gasteiger partial charge in [-0.15, -0.1) is 0 Å². The van der Waals surface area contributed by atoms with Crippen LogP contribution in [0.5, 0.6) is 0 Å². The van der Waals surface area contributed by atoms with Crippen molar-refractivity contribution in [1.82, 2.24) is 14.5 Å². The first-order valence-electron chi connectivity index (χ1n) is 12.6. The van der Waals surface area contributed by atoms with Gasteiger partial charge in [-0.05, 0) is 74.1 Å².